The number of halogens is 2. The van der Waals surface area contributed by atoms with Crippen LogP contribution in [-0.4, -0.2) is 67.8 Å². The fraction of sp³-hybridized carbons (Fsp3) is 0.378. The normalized spacial score (nSPS) is 14.4. The minimum absolute atomic E-state index is 0.0445. The van der Waals surface area contributed by atoms with Crippen LogP contribution in [0.4, 0.5) is 16.2 Å². The molecule has 3 aromatic carbocycles. The molecule has 6 aromatic rings. The summed E-state index contributed by atoms with van der Waals surface area (Å²) >= 11 is 13.6. The number of rotatable bonds is 9. The molecule has 59 heavy (non-hydrogen) atoms. The zero-order valence-corrected chi connectivity index (χ0v) is 36.9. The Morgan fingerprint density at radius 3 is 2.27 bits per heavy atom. The number of aromatic carboxylic acids is 1. The Morgan fingerprint density at radius 1 is 0.983 bits per heavy atom. The zero-order chi connectivity index (χ0) is 43.0. The lowest BCUT2D eigenvalue weighted by atomic mass is 9.98. The topological polar surface area (TPSA) is 124 Å². The van der Waals surface area contributed by atoms with Crippen LogP contribution in [0.3, 0.4) is 0 Å². The van der Waals surface area contributed by atoms with E-state index in [1.807, 2.05) is 63.7 Å². The highest BCUT2D eigenvalue weighted by molar-refractivity contribution is 6.35. The lowest BCUT2D eigenvalue weighted by molar-refractivity contribution is 0.0588. The van der Waals surface area contributed by atoms with E-state index < -0.39 is 17.7 Å². The lowest BCUT2D eigenvalue weighted by Crippen LogP contribution is -2.43. The summed E-state index contributed by atoms with van der Waals surface area (Å²) in [5.74, 6) is -0.669. The van der Waals surface area contributed by atoms with Crippen LogP contribution in [0.2, 0.25) is 10.0 Å². The molecular weight excluding hydrogens is 791 g/mol. The lowest BCUT2D eigenvalue weighted by Gasteiger charge is -2.35. The maximum atomic E-state index is 15.5. The zero-order valence-electron chi connectivity index (χ0n) is 35.4. The summed E-state index contributed by atoms with van der Waals surface area (Å²) in [5.41, 5.74) is 8.23. The predicted molar refractivity (Wildman–Crippen MR) is 234 cm³/mol. The van der Waals surface area contributed by atoms with Gasteiger partial charge in [-0.05, 0) is 115 Å². The highest BCUT2D eigenvalue weighted by Crippen LogP contribution is 2.46. The molecule has 3 aromatic heterocycles. The number of hydrogen-bond acceptors (Lipinski definition) is 6. The van der Waals surface area contributed by atoms with Crippen molar-refractivity contribution in [2.45, 2.75) is 79.9 Å². The Balaban J connectivity index is 1.41. The number of carbonyl (C=O) groups excluding carboxylic acids is 2. The quantitative estimate of drug-likeness (QED) is 0.144. The highest BCUT2D eigenvalue weighted by Gasteiger charge is 2.38. The van der Waals surface area contributed by atoms with Crippen molar-refractivity contribution >= 4 is 74.4 Å². The maximum Gasteiger partial charge on any atom is 0.414 e. The van der Waals surface area contributed by atoms with E-state index in [1.165, 1.54) is 11.1 Å². The minimum Gasteiger partial charge on any atom is -0.494 e. The second-order valence-electron chi connectivity index (χ2n) is 16.6. The van der Waals surface area contributed by atoms with Gasteiger partial charge in [0.2, 0.25) is 0 Å². The van der Waals surface area contributed by atoms with Crippen molar-refractivity contribution in [3.63, 3.8) is 0 Å². The number of amides is 2. The van der Waals surface area contributed by atoms with Crippen LogP contribution in [0.15, 0.2) is 42.6 Å². The average Bonchev–Trinajstić information content (AvgIpc) is 3.76. The number of benzene rings is 3. The SMILES string of the molecule is Cc1cc(OCCCc2c3n(c4c(-c5c(C)nn(C)c5C)c(Cl)ccc24)[C@H](C)CN(c2cc(N(C)C(=O)OC(C)(C)C)cc4c(C(=O)O)cn(C)c24)C3=O)cc(C)c1Cl. The molecule has 1 N–H and O–H groups in total. The van der Waals surface area contributed by atoms with Gasteiger partial charge in [-0.1, -0.05) is 29.3 Å². The largest absolute Gasteiger partial charge is 0.494 e. The first kappa shape index (κ1) is 41.7. The average molecular weight is 842 g/mol. The van der Waals surface area contributed by atoms with E-state index in [2.05, 4.69) is 11.5 Å². The van der Waals surface area contributed by atoms with Crippen molar-refractivity contribution in [3.8, 4) is 16.9 Å². The molecule has 1 aliphatic rings. The molecule has 2 amide bonds. The van der Waals surface area contributed by atoms with Gasteiger partial charge in [-0.3, -0.25) is 14.4 Å². The van der Waals surface area contributed by atoms with E-state index in [1.54, 1.807) is 56.5 Å². The molecule has 0 spiro atoms. The summed E-state index contributed by atoms with van der Waals surface area (Å²) < 4.78 is 17.6. The van der Waals surface area contributed by atoms with Crippen LogP contribution in [0.1, 0.15) is 89.1 Å². The molecule has 0 unspecified atom stereocenters. The fourth-order valence-corrected chi connectivity index (χ4v) is 8.81. The van der Waals surface area contributed by atoms with Gasteiger partial charge in [-0.2, -0.15) is 5.10 Å². The highest BCUT2D eigenvalue weighted by atomic mass is 35.5. The van der Waals surface area contributed by atoms with E-state index in [0.29, 0.717) is 57.5 Å². The summed E-state index contributed by atoms with van der Waals surface area (Å²) in [7, 11) is 5.23. The molecule has 0 saturated heterocycles. The van der Waals surface area contributed by atoms with Gasteiger partial charge in [-0.25, -0.2) is 9.59 Å². The second-order valence-corrected chi connectivity index (χ2v) is 17.4. The van der Waals surface area contributed by atoms with Gasteiger partial charge in [-0.15, -0.1) is 0 Å². The van der Waals surface area contributed by atoms with Crippen LogP contribution in [-0.2, 0) is 25.3 Å². The van der Waals surface area contributed by atoms with E-state index in [-0.39, 0.29) is 24.1 Å². The van der Waals surface area contributed by atoms with Crippen LogP contribution in [0, 0.1) is 27.7 Å². The number of ether oxygens (including phenoxy) is 2. The number of fused-ring (bicyclic) bond motifs is 4. The molecule has 12 nitrogen and oxygen atoms in total. The van der Waals surface area contributed by atoms with Crippen molar-refractivity contribution in [1.82, 2.24) is 18.9 Å². The van der Waals surface area contributed by atoms with Crippen LogP contribution >= 0.6 is 23.2 Å². The van der Waals surface area contributed by atoms with Crippen LogP contribution in [0.5, 0.6) is 5.75 Å². The van der Waals surface area contributed by atoms with Crippen LogP contribution < -0.4 is 14.5 Å². The van der Waals surface area contributed by atoms with Gasteiger partial charge in [0.25, 0.3) is 5.91 Å². The molecule has 7 rings (SSSR count). The maximum absolute atomic E-state index is 15.5. The van der Waals surface area contributed by atoms with Gasteiger partial charge in [0.05, 0.1) is 39.6 Å². The van der Waals surface area contributed by atoms with E-state index in [9.17, 15) is 14.7 Å². The van der Waals surface area contributed by atoms with Crippen LogP contribution in [0.25, 0.3) is 32.9 Å². The summed E-state index contributed by atoms with van der Waals surface area (Å²) in [6.45, 7) is 15.9. The fourth-order valence-electron chi connectivity index (χ4n) is 8.45. The third kappa shape index (κ3) is 7.31. The number of aromatic nitrogens is 4. The van der Waals surface area contributed by atoms with Crippen molar-refractivity contribution in [2.24, 2.45) is 14.1 Å². The number of hydrogen-bond donors (Lipinski definition) is 1. The number of carboxylic acid groups (broad SMARTS) is 1. The van der Waals surface area contributed by atoms with Crippen molar-refractivity contribution in [3.05, 3.63) is 92.0 Å². The molecule has 310 valence electrons. The summed E-state index contributed by atoms with van der Waals surface area (Å²) in [4.78, 5) is 44.5. The van der Waals surface area contributed by atoms with Gasteiger partial charge in [0.15, 0.2) is 0 Å². The molecule has 14 heteroatoms. The Hall–Kier alpha value is -5.46. The van der Waals surface area contributed by atoms with Crippen molar-refractivity contribution in [1.29, 1.82) is 0 Å². The van der Waals surface area contributed by atoms with E-state index in [0.717, 1.165) is 55.9 Å². The molecule has 0 fully saturated rings. The number of anilines is 2. The third-order valence-electron chi connectivity index (χ3n) is 11.2. The Bertz CT molecular complexity index is 2700. The van der Waals surface area contributed by atoms with Gasteiger partial charge in [0, 0.05) is 78.2 Å². The predicted octanol–water partition coefficient (Wildman–Crippen LogP) is 10.4. The molecule has 0 aliphatic carbocycles. The molecule has 1 aliphatic heterocycles. The number of nitrogens with zero attached hydrogens (tertiary/aromatic N) is 6. The first-order valence-electron chi connectivity index (χ1n) is 19.6. The monoisotopic (exact) mass is 840 g/mol. The molecule has 4 heterocycles. The van der Waals surface area contributed by atoms with E-state index >= 15 is 4.79 Å². The number of carbonyl (C=O) groups is 3. The van der Waals surface area contributed by atoms with E-state index in [4.69, 9.17) is 37.8 Å². The standard InChI is InChI=1S/C45H50Cl2N6O6/c1-23-17-29(18-24(2)38(23)47)58-16-12-13-30-31-14-15-34(46)37(36-26(4)48-51(11)27(36)5)40(31)53-25(3)21-52(42(54)41(30)53)35-20-28(50(10)44(57)59-45(6,7)8)19-32-33(43(55)56)22-49(9)39(32)35/h14-15,17-20,22,25H,12-13,16,21H2,1-11H3,(H,55,56)/t25-/m1/s1. The van der Waals surface area contributed by atoms with Crippen molar-refractivity contribution < 1.29 is 29.0 Å². The number of carboxylic acids is 1. The Morgan fingerprint density at radius 2 is 1.66 bits per heavy atom. The first-order valence-corrected chi connectivity index (χ1v) is 20.4. The first-order chi connectivity index (χ1) is 27.7. The smallest absolute Gasteiger partial charge is 0.414 e. The molecule has 0 radical (unpaired) electrons. The van der Waals surface area contributed by atoms with Gasteiger partial charge < -0.3 is 28.6 Å². The summed E-state index contributed by atoms with van der Waals surface area (Å²) in [6.07, 6.45) is 2.02. The Kier molecular flexibility index (Phi) is 10.8. The van der Waals surface area contributed by atoms with Gasteiger partial charge >= 0.3 is 12.1 Å². The molecular formula is C45H50Cl2N6O6. The van der Waals surface area contributed by atoms with Gasteiger partial charge in [0.1, 0.15) is 17.0 Å². The minimum atomic E-state index is -1.13. The molecule has 1 atom stereocenters. The third-order valence-corrected chi connectivity index (χ3v) is 12.1. The summed E-state index contributed by atoms with van der Waals surface area (Å²) in [6, 6.07) is 10.9. The molecule has 0 saturated carbocycles. The molecule has 0 bridgehead atoms. The van der Waals surface area contributed by atoms with Crippen molar-refractivity contribution in [2.75, 3.05) is 30.0 Å². The Labute approximate surface area is 353 Å². The number of aryl methyl sites for hydroxylation is 6. The second kappa shape index (κ2) is 15.3. The summed E-state index contributed by atoms with van der Waals surface area (Å²) in [5, 5.41) is 17.6.